The fourth-order valence-corrected chi connectivity index (χ4v) is 5.07. The maximum atomic E-state index is 12.4. The number of methoxy groups -OCH3 is 1. The van der Waals surface area contributed by atoms with Crippen molar-refractivity contribution >= 4 is 39.2 Å². The lowest BCUT2D eigenvalue weighted by molar-refractivity contribution is -0.143. The molecule has 3 N–H and O–H groups in total. The Kier molecular flexibility index (Phi) is 7.87. The summed E-state index contributed by atoms with van der Waals surface area (Å²) in [6.45, 7) is 0.608. The summed E-state index contributed by atoms with van der Waals surface area (Å²) in [5.74, 6) is -0.0275. The van der Waals surface area contributed by atoms with Crippen LogP contribution in [-0.2, 0) is 4.79 Å². The van der Waals surface area contributed by atoms with Gasteiger partial charge in [-0.15, -0.1) is 11.3 Å². The molecule has 35 heavy (non-hydrogen) atoms. The quantitative estimate of drug-likeness (QED) is 0.385. The van der Waals surface area contributed by atoms with Gasteiger partial charge in [-0.2, -0.15) is 0 Å². The van der Waals surface area contributed by atoms with Crippen LogP contribution in [0, 0.1) is 5.92 Å². The van der Waals surface area contributed by atoms with Gasteiger partial charge in [-0.05, 0) is 79.6 Å². The zero-order chi connectivity index (χ0) is 24.8. The summed E-state index contributed by atoms with van der Waals surface area (Å²) >= 11 is 1.41. The monoisotopic (exact) mass is 496 g/mol. The third kappa shape index (κ3) is 6.30. The Labute approximate surface area is 207 Å². The van der Waals surface area contributed by atoms with Gasteiger partial charge < -0.3 is 25.2 Å². The lowest BCUT2D eigenvalue weighted by atomic mass is 9.87. The molecule has 9 heteroatoms. The van der Waals surface area contributed by atoms with Crippen LogP contribution in [0.3, 0.4) is 0 Å². The average Bonchev–Trinajstić information content (AvgIpc) is 3.30. The molecule has 0 aliphatic heterocycles. The van der Waals surface area contributed by atoms with Gasteiger partial charge in [0.2, 0.25) is 0 Å². The van der Waals surface area contributed by atoms with E-state index in [9.17, 15) is 14.4 Å². The average molecular weight is 497 g/mol. The molecular weight excluding hydrogens is 468 g/mol. The van der Waals surface area contributed by atoms with Crippen LogP contribution in [0.5, 0.6) is 11.5 Å². The maximum absolute atomic E-state index is 12.4. The van der Waals surface area contributed by atoms with Crippen LogP contribution in [0.25, 0.3) is 10.1 Å². The van der Waals surface area contributed by atoms with Crippen LogP contribution in [-0.4, -0.2) is 49.2 Å². The van der Waals surface area contributed by atoms with Crippen molar-refractivity contribution in [1.82, 2.24) is 10.6 Å². The molecule has 8 nitrogen and oxygen atoms in total. The van der Waals surface area contributed by atoms with Gasteiger partial charge in [-0.1, -0.05) is 0 Å². The van der Waals surface area contributed by atoms with E-state index in [1.54, 1.807) is 31.4 Å². The summed E-state index contributed by atoms with van der Waals surface area (Å²) in [6, 6.07) is 14.4. The van der Waals surface area contributed by atoms with Crippen LogP contribution in [0.2, 0.25) is 0 Å². The third-order valence-electron chi connectivity index (χ3n) is 6.09. The summed E-state index contributed by atoms with van der Waals surface area (Å²) < 4.78 is 12.2. The van der Waals surface area contributed by atoms with Crippen LogP contribution < -0.4 is 20.1 Å². The number of ether oxygens (including phenoxy) is 2. The number of nitrogens with one attached hydrogen (secondary N) is 2. The largest absolute Gasteiger partial charge is 0.497 e. The smallest absolute Gasteiger partial charge is 0.306 e. The molecule has 1 aliphatic carbocycles. The van der Waals surface area contributed by atoms with E-state index in [1.165, 1.54) is 11.3 Å². The predicted octanol–water partition coefficient (Wildman–Crippen LogP) is 4.09. The van der Waals surface area contributed by atoms with Crippen molar-refractivity contribution in [3.63, 3.8) is 0 Å². The van der Waals surface area contributed by atoms with E-state index < -0.39 is 5.97 Å². The second kappa shape index (κ2) is 11.2. The van der Waals surface area contributed by atoms with Crippen molar-refractivity contribution in [2.75, 3.05) is 20.2 Å². The van der Waals surface area contributed by atoms with Gasteiger partial charge in [0.1, 0.15) is 11.5 Å². The van der Waals surface area contributed by atoms with E-state index in [0.717, 1.165) is 15.8 Å². The first-order chi connectivity index (χ1) is 16.9. The summed E-state index contributed by atoms with van der Waals surface area (Å²) in [5, 5.41) is 15.7. The fraction of sp³-hybridized carbons (Fsp3) is 0.346. The molecule has 0 unspecified atom stereocenters. The van der Waals surface area contributed by atoms with Crippen molar-refractivity contribution < 1.29 is 29.0 Å². The van der Waals surface area contributed by atoms with Gasteiger partial charge in [-0.3, -0.25) is 14.4 Å². The summed E-state index contributed by atoms with van der Waals surface area (Å²) in [4.78, 5) is 36.5. The molecule has 4 rings (SSSR count). The minimum absolute atomic E-state index is 0.00291. The summed E-state index contributed by atoms with van der Waals surface area (Å²) in [7, 11) is 1.61. The first kappa shape index (κ1) is 24.5. The van der Waals surface area contributed by atoms with Gasteiger partial charge >= 0.3 is 5.97 Å². The van der Waals surface area contributed by atoms with Gasteiger partial charge in [0.05, 0.1) is 24.0 Å². The third-order valence-corrected chi connectivity index (χ3v) is 7.20. The second-order valence-corrected chi connectivity index (χ2v) is 9.56. The summed E-state index contributed by atoms with van der Waals surface area (Å²) in [6.07, 6.45) is 2.65. The molecule has 0 saturated heterocycles. The van der Waals surface area contributed by atoms with Gasteiger partial charge in [0, 0.05) is 23.4 Å². The Morgan fingerprint density at radius 3 is 2.23 bits per heavy atom. The Morgan fingerprint density at radius 1 is 0.914 bits per heavy atom. The number of aliphatic carboxylic acids is 1. The zero-order valence-corrected chi connectivity index (χ0v) is 20.2. The molecule has 184 valence electrons. The molecule has 0 radical (unpaired) electrons. The minimum atomic E-state index is -0.737. The molecular formula is C26H28N2O6S. The number of carboxylic acids is 1. The van der Waals surface area contributed by atoms with Crippen molar-refractivity contribution in [2.24, 2.45) is 5.92 Å². The lowest BCUT2D eigenvalue weighted by Gasteiger charge is -2.26. The highest BCUT2D eigenvalue weighted by Gasteiger charge is 2.26. The van der Waals surface area contributed by atoms with Crippen molar-refractivity contribution in [2.45, 2.75) is 31.8 Å². The van der Waals surface area contributed by atoms with E-state index in [4.69, 9.17) is 14.6 Å². The Hall–Kier alpha value is -3.59. The molecule has 2 aromatic carbocycles. The molecule has 0 spiro atoms. The number of fused-ring (bicyclic) bond motifs is 1. The van der Waals surface area contributed by atoms with Crippen LogP contribution in [0.4, 0.5) is 0 Å². The molecule has 3 aromatic rings. The normalized spacial score (nSPS) is 17.5. The molecule has 2 amide bonds. The second-order valence-electron chi connectivity index (χ2n) is 8.48. The van der Waals surface area contributed by atoms with Crippen molar-refractivity contribution in [1.29, 1.82) is 0 Å². The predicted molar refractivity (Wildman–Crippen MR) is 133 cm³/mol. The van der Waals surface area contributed by atoms with Crippen molar-refractivity contribution in [3.05, 3.63) is 59.0 Å². The number of benzene rings is 2. The maximum Gasteiger partial charge on any atom is 0.306 e. The first-order valence-corrected chi connectivity index (χ1v) is 12.4. The van der Waals surface area contributed by atoms with E-state index in [0.29, 0.717) is 55.0 Å². The number of rotatable bonds is 9. The SMILES string of the molecule is COc1ccc2sc(C(=O)NCCNC(=O)c3ccc(O[C@H]4CC[C@@H](C(=O)O)CC4)cc3)cc2c1. The zero-order valence-electron chi connectivity index (χ0n) is 19.4. The highest BCUT2D eigenvalue weighted by atomic mass is 32.1. The topological polar surface area (TPSA) is 114 Å². The molecule has 1 aromatic heterocycles. The molecule has 1 heterocycles. The van der Waals surface area contributed by atoms with Crippen LogP contribution >= 0.6 is 11.3 Å². The molecule has 1 aliphatic rings. The fourth-order valence-electron chi connectivity index (χ4n) is 4.11. The Morgan fingerprint density at radius 2 is 1.57 bits per heavy atom. The van der Waals surface area contributed by atoms with Crippen LogP contribution in [0.1, 0.15) is 45.7 Å². The number of carboxylic acid groups (broad SMARTS) is 1. The molecule has 1 fully saturated rings. The van der Waals surface area contributed by atoms with Gasteiger partial charge in [-0.25, -0.2) is 0 Å². The number of hydrogen-bond donors (Lipinski definition) is 3. The van der Waals surface area contributed by atoms with E-state index >= 15 is 0 Å². The number of carbonyl (C=O) groups is 3. The standard InChI is InChI=1S/C26H28N2O6S/c1-33-21-10-11-22-18(14-21)15-23(35-22)25(30)28-13-12-27-24(29)16-2-6-19(7-3-16)34-20-8-4-17(5-9-20)26(31)32/h2-3,6-7,10-11,14-15,17,20H,4-5,8-9,12-13H2,1H3,(H,27,29)(H,28,30)(H,31,32)/t17-,20+. The van der Waals surface area contributed by atoms with E-state index in [1.807, 2.05) is 24.3 Å². The minimum Gasteiger partial charge on any atom is -0.497 e. The lowest BCUT2D eigenvalue weighted by Crippen LogP contribution is -2.34. The van der Waals surface area contributed by atoms with Crippen molar-refractivity contribution in [3.8, 4) is 11.5 Å². The Balaban J connectivity index is 1.19. The van der Waals surface area contributed by atoms with Gasteiger partial charge in [0.15, 0.2) is 0 Å². The Bertz CT molecular complexity index is 1200. The molecule has 1 saturated carbocycles. The number of hydrogen-bond acceptors (Lipinski definition) is 6. The summed E-state index contributed by atoms with van der Waals surface area (Å²) in [5.41, 5.74) is 0.497. The van der Waals surface area contributed by atoms with E-state index in [-0.39, 0.29) is 23.8 Å². The highest BCUT2D eigenvalue weighted by molar-refractivity contribution is 7.20. The molecule has 0 atom stereocenters. The van der Waals surface area contributed by atoms with E-state index in [2.05, 4.69) is 10.6 Å². The number of thiophene rings is 1. The number of amides is 2. The van der Waals surface area contributed by atoms with Gasteiger partial charge in [0.25, 0.3) is 11.8 Å². The van der Waals surface area contributed by atoms with Crippen LogP contribution in [0.15, 0.2) is 48.5 Å². The number of carbonyl (C=O) groups excluding carboxylic acids is 2. The molecule has 0 bridgehead atoms. The first-order valence-electron chi connectivity index (χ1n) is 11.6. The highest BCUT2D eigenvalue weighted by Crippen LogP contribution is 2.29.